The van der Waals surface area contributed by atoms with Gasteiger partial charge in [0.15, 0.2) is 0 Å². The van der Waals surface area contributed by atoms with Crippen molar-refractivity contribution in [1.82, 2.24) is 5.32 Å². The number of rotatable bonds is 6. The molecule has 3 N–H and O–H groups in total. The molecule has 0 aliphatic carbocycles. The number of carbonyl (C=O) groups excluding carboxylic acids is 1. The lowest BCUT2D eigenvalue weighted by atomic mass is 10.3. The van der Waals surface area contributed by atoms with Gasteiger partial charge in [0.25, 0.3) is 0 Å². The number of carbonyl (C=O) groups is 1. The van der Waals surface area contributed by atoms with Crippen LogP contribution in [0, 0.1) is 0 Å². The van der Waals surface area contributed by atoms with Crippen LogP contribution >= 0.6 is 27.3 Å². The van der Waals surface area contributed by atoms with Crippen molar-refractivity contribution in [2.24, 2.45) is 0 Å². The molecule has 0 atom stereocenters. The molecular weight excluding hydrogens is 340 g/mol. The van der Waals surface area contributed by atoms with Crippen LogP contribution in [0.25, 0.3) is 0 Å². The number of halogens is 1. The number of thiophene rings is 1. The van der Waals surface area contributed by atoms with Crippen molar-refractivity contribution in [3.63, 3.8) is 0 Å². The Kier molecular flexibility index (Phi) is 5.43. The molecule has 106 valence electrons. The second kappa shape index (κ2) is 7.31. The first-order chi connectivity index (χ1) is 9.65. The lowest BCUT2D eigenvalue weighted by molar-refractivity contribution is -0.121. The summed E-state index contributed by atoms with van der Waals surface area (Å²) in [4.78, 5) is 12.8. The number of nitrogens with two attached hydrogens (primary N) is 1. The summed E-state index contributed by atoms with van der Waals surface area (Å²) in [7, 11) is 0. The minimum Gasteiger partial charge on any atom is -0.493 e. The fourth-order valence-corrected chi connectivity index (χ4v) is 3.02. The summed E-state index contributed by atoms with van der Waals surface area (Å²) in [6.45, 7) is 0.871. The second-order valence-corrected chi connectivity index (χ2v) is 5.99. The summed E-state index contributed by atoms with van der Waals surface area (Å²) in [6.07, 6.45) is 0.317. The summed E-state index contributed by atoms with van der Waals surface area (Å²) < 4.78 is 6.50. The molecule has 0 bridgehead atoms. The molecule has 0 unspecified atom stereocenters. The quantitative estimate of drug-likeness (QED) is 0.783. The van der Waals surface area contributed by atoms with Crippen molar-refractivity contribution >= 4 is 38.9 Å². The monoisotopic (exact) mass is 354 g/mol. The molecule has 0 aliphatic rings. The van der Waals surface area contributed by atoms with E-state index in [4.69, 9.17) is 10.5 Å². The van der Waals surface area contributed by atoms with Crippen molar-refractivity contribution in [2.45, 2.75) is 13.0 Å². The van der Waals surface area contributed by atoms with Gasteiger partial charge in [-0.05, 0) is 39.5 Å². The predicted octanol–water partition coefficient (Wildman–Crippen LogP) is 3.18. The minimum atomic E-state index is -0.0331. The molecule has 4 nitrogen and oxygen atoms in total. The number of nitrogen functional groups attached to an aromatic ring is 1. The van der Waals surface area contributed by atoms with Gasteiger partial charge < -0.3 is 15.8 Å². The van der Waals surface area contributed by atoms with Gasteiger partial charge in [0.1, 0.15) is 5.75 Å². The van der Waals surface area contributed by atoms with E-state index >= 15 is 0 Å². The molecule has 0 aliphatic heterocycles. The molecule has 1 amide bonds. The van der Waals surface area contributed by atoms with E-state index in [1.165, 1.54) is 0 Å². The van der Waals surface area contributed by atoms with E-state index < -0.39 is 0 Å². The predicted molar refractivity (Wildman–Crippen MR) is 84.8 cm³/mol. The molecule has 0 saturated carbocycles. The Balaban J connectivity index is 1.69. The molecule has 1 heterocycles. The number of anilines is 1. The highest BCUT2D eigenvalue weighted by atomic mass is 79.9. The Labute approximate surface area is 130 Å². The molecule has 1 aromatic heterocycles. The number of hydrogen-bond donors (Lipinski definition) is 2. The number of hydrogen-bond acceptors (Lipinski definition) is 4. The first kappa shape index (κ1) is 14.9. The van der Waals surface area contributed by atoms with Crippen LogP contribution in [0.15, 0.2) is 40.2 Å². The zero-order valence-corrected chi connectivity index (χ0v) is 13.2. The molecule has 1 aromatic carbocycles. The third kappa shape index (κ3) is 4.54. The van der Waals surface area contributed by atoms with Crippen LogP contribution in [0.4, 0.5) is 5.69 Å². The van der Waals surface area contributed by atoms with Crippen LogP contribution < -0.4 is 15.8 Å². The maximum absolute atomic E-state index is 11.7. The smallest absolute Gasteiger partial charge is 0.223 e. The lowest BCUT2D eigenvalue weighted by Gasteiger charge is -2.07. The van der Waals surface area contributed by atoms with E-state index in [2.05, 4.69) is 21.2 Å². The average Bonchev–Trinajstić information content (AvgIpc) is 2.82. The first-order valence-corrected chi connectivity index (χ1v) is 7.79. The third-order valence-electron chi connectivity index (χ3n) is 2.59. The van der Waals surface area contributed by atoms with Crippen LogP contribution in [0.5, 0.6) is 5.75 Å². The summed E-state index contributed by atoms with van der Waals surface area (Å²) in [5, 5.41) is 4.84. The fraction of sp³-hybridized carbons (Fsp3) is 0.214. The fourth-order valence-electron chi connectivity index (χ4n) is 1.58. The zero-order valence-electron chi connectivity index (χ0n) is 10.8. The second-order valence-electron chi connectivity index (χ2n) is 4.14. The molecule has 2 aromatic rings. The lowest BCUT2D eigenvalue weighted by Crippen LogP contribution is -2.24. The molecular formula is C14H15BrN2O2S. The van der Waals surface area contributed by atoms with Gasteiger partial charge in [-0.2, -0.15) is 0 Å². The van der Waals surface area contributed by atoms with Crippen molar-refractivity contribution in [1.29, 1.82) is 0 Å². The molecule has 0 radical (unpaired) electrons. The van der Waals surface area contributed by atoms with Gasteiger partial charge in [-0.15, -0.1) is 11.3 Å². The molecule has 2 rings (SSSR count). The van der Waals surface area contributed by atoms with Gasteiger partial charge in [0.05, 0.1) is 19.6 Å². The third-order valence-corrected chi connectivity index (χ3v) is 4.52. The summed E-state index contributed by atoms with van der Waals surface area (Å²) in [5.74, 6) is 0.646. The normalized spacial score (nSPS) is 10.2. The van der Waals surface area contributed by atoms with Crippen LogP contribution in [0.3, 0.4) is 0 Å². The van der Waals surface area contributed by atoms with E-state index in [0.717, 1.165) is 9.35 Å². The molecule has 0 spiro atoms. The number of ether oxygens (including phenoxy) is 1. The zero-order chi connectivity index (χ0) is 14.4. The largest absolute Gasteiger partial charge is 0.493 e. The van der Waals surface area contributed by atoms with Gasteiger partial charge >= 0.3 is 0 Å². The van der Waals surface area contributed by atoms with E-state index in [1.807, 2.05) is 23.6 Å². The number of nitrogens with one attached hydrogen (secondary N) is 1. The van der Waals surface area contributed by atoms with Crippen LogP contribution in [0.2, 0.25) is 0 Å². The Bertz CT molecular complexity index is 586. The molecule has 0 fully saturated rings. The minimum absolute atomic E-state index is 0.0331. The van der Waals surface area contributed by atoms with E-state index in [9.17, 15) is 4.79 Å². The van der Waals surface area contributed by atoms with Gasteiger partial charge in [-0.1, -0.05) is 6.07 Å². The summed E-state index contributed by atoms with van der Waals surface area (Å²) in [5.41, 5.74) is 6.29. The van der Waals surface area contributed by atoms with Crippen molar-refractivity contribution in [2.75, 3.05) is 12.3 Å². The van der Waals surface area contributed by atoms with Crippen molar-refractivity contribution < 1.29 is 9.53 Å². The van der Waals surface area contributed by atoms with Gasteiger partial charge in [0.2, 0.25) is 5.91 Å². The highest BCUT2D eigenvalue weighted by Gasteiger charge is 2.05. The maximum atomic E-state index is 11.7. The maximum Gasteiger partial charge on any atom is 0.223 e. The van der Waals surface area contributed by atoms with Gasteiger partial charge in [-0.3, -0.25) is 4.79 Å². The van der Waals surface area contributed by atoms with Gasteiger partial charge in [-0.25, -0.2) is 0 Å². The van der Waals surface area contributed by atoms with Crippen LogP contribution in [0.1, 0.15) is 11.3 Å². The van der Waals surface area contributed by atoms with E-state index in [0.29, 0.717) is 31.0 Å². The Morgan fingerprint density at radius 3 is 2.95 bits per heavy atom. The first-order valence-electron chi connectivity index (χ1n) is 6.12. The van der Waals surface area contributed by atoms with E-state index in [1.54, 1.807) is 23.5 Å². The highest BCUT2D eigenvalue weighted by molar-refractivity contribution is 9.10. The molecule has 6 heteroatoms. The Hall–Kier alpha value is -1.53. The topological polar surface area (TPSA) is 64.3 Å². The SMILES string of the molecule is Nc1cccc(OCCC(=O)NCc2sccc2Br)c1. The molecule has 0 saturated heterocycles. The van der Waals surface area contributed by atoms with E-state index in [-0.39, 0.29) is 5.91 Å². The number of amides is 1. The van der Waals surface area contributed by atoms with Crippen LogP contribution in [-0.4, -0.2) is 12.5 Å². The molecule has 20 heavy (non-hydrogen) atoms. The standard InChI is InChI=1S/C14H15BrN2O2S/c15-12-5-7-20-13(12)9-17-14(18)4-6-19-11-3-1-2-10(16)8-11/h1-3,5,7-8H,4,6,9,16H2,(H,17,18). The van der Waals surface area contributed by atoms with Crippen LogP contribution in [-0.2, 0) is 11.3 Å². The van der Waals surface area contributed by atoms with Gasteiger partial charge in [0, 0.05) is 21.1 Å². The Morgan fingerprint density at radius 1 is 1.40 bits per heavy atom. The average molecular weight is 355 g/mol. The van der Waals surface area contributed by atoms with Crippen molar-refractivity contribution in [3.05, 3.63) is 45.1 Å². The number of benzene rings is 1. The van der Waals surface area contributed by atoms with Crippen molar-refractivity contribution in [3.8, 4) is 5.75 Å². The summed E-state index contributed by atoms with van der Waals surface area (Å²) >= 11 is 5.04. The summed E-state index contributed by atoms with van der Waals surface area (Å²) in [6, 6.07) is 9.13. The Morgan fingerprint density at radius 2 is 2.25 bits per heavy atom. The highest BCUT2D eigenvalue weighted by Crippen LogP contribution is 2.22.